The first-order valence-corrected chi connectivity index (χ1v) is 2.69. The van der Waals surface area contributed by atoms with Gasteiger partial charge >= 0.3 is 0 Å². The summed E-state index contributed by atoms with van der Waals surface area (Å²) in [6, 6.07) is 0. The zero-order valence-electron chi connectivity index (χ0n) is 5.26. The first-order chi connectivity index (χ1) is 3.81. The molecule has 0 fully saturated rings. The molecule has 0 heterocycles. The average molecular weight is 120 g/mol. The molecular formula is C5H12O3. The Bertz CT molecular complexity index is 46.9. The summed E-state index contributed by atoms with van der Waals surface area (Å²) in [5.41, 5.74) is 0. The molecule has 1 unspecified atom stereocenters. The topological polar surface area (TPSA) is 38.7 Å². The highest BCUT2D eigenvalue weighted by Gasteiger charge is 1.97. The van der Waals surface area contributed by atoms with E-state index in [0.717, 1.165) is 0 Å². The van der Waals surface area contributed by atoms with Gasteiger partial charge in [0.05, 0.1) is 6.61 Å². The summed E-state index contributed by atoms with van der Waals surface area (Å²) < 4.78 is 4.90. The summed E-state index contributed by atoms with van der Waals surface area (Å²) in [7, 11) is 0. The van der Waals surface area contributed by atoms with Crippen LogP contribution >= 0.6 is 0 Å². The van der Waals surface area contributed by atoms with E-state index in [-0.39, 0.29) is 6.10 Å². The number of hydrogen-bond donors (Lipinski definition) is 1. The van der Waals surface area contributed by atoms with Gasteiger partial charge in [-0.05, 0) is 13.8 Å². The second kappa shape index (κ2) is 5.03. The van der Waals surface area contributed by atoms with Crippen molar-refractivity contribution in [3.8, 4) is 0 Å². The molecule has 0 aliphatic rings. The van der Waals surface area contributed by atoms with E-state index in [4.69, 9.17) is 9.99 Å². The van der Waals surface area contributed by atoms with Crippen LogP contribution in [0, 0.1) is 0 Å². The quantitative estimate of drug-likeness (QED) is 0.442. The number of rotatable bonds is 4. The normalized spacial score (nSPS) is 13.9. The summed E-state index contributed by atoms with van der Waals surface area (Å²) >= 11 is 0. The number of hydrogen-bond acceptors (Lipinski definition) is 3. The van der Waals surface area contributed by atoms with Crippen molar-refractivity contribution in [1.82, 2.24) is 0 Å². The van der Waals surface area contributed by atoms with E-state index in [1.54, 1.807) is 6.92 Å². The van der Waals surface area contributed by atoms with Gasteiger partial charge in [0.1, 0.15) is 6.10 Å². The maximum Gasteiger partial charge on any atom is 0.113 e. The minimum absolute atomic E-state index is 0.213. The van der Waals surface area contributed by atoms with Crippen molar-refractivity contribution in [3.63, 3.8) is 0 Å². The maximum absolute atomic E-state index is 7.98. The molecule has 50 valence electrons. The minimum Gasteiger partial charge on any atom is -0.379 e. The van der Waals surface area contributed by atoms with Gasteiger partial charge in [0.25, 0.3) is 0 Å². The molecule has 0 saturated heterocycles. The summed E-state index contributed by atoms with van der Waals surface area (Å²) in [5, 5.41) is 7.98. The Morgan fingerprint density at radius 1 is 1.62 bits per heavy atom. The molecule has 3 heteroatoms. The zero-order chi connectivity index (χ0) is 6.41. The third kappa shape index (κ3) is 4.05. The van der Waals surface area contributed by atoms with Crippen LogP contribution in [0.2, 0.25) is 0 Å². The lowest BCUT2D eigenvalue weighted by Gasteiger charge is -2.04. The van der Waals surface area contributed by atoms with Crippen molar-refractivity contribution in [2.24, 2.45) is 0 Å². The Labute approximate surface area is 49.1 Å². The van der Waals surface area contributed by atoms with Gasteiger partial charge in [-0.25, -0.2) is 4.89 Å². The molecule has 0 bridgehead atoms. The van der Waals surface area contributed by atoms with Crippen LogP contribution in [0.25, 0.3) is 0 Å². The van der Waals surface area contributed by atoms with Crippen molar-refractivity contribution < 1.29 is 14.9 Å². The van der Waals surface area contributed by atoms with E-state index in [1.165, 1.54) is 0 Å². The van der Waals surface area contributed by atoms with Crippen LogP contribution in [-0.4, -0.2) is 24.6 Å². The molecule has 1 atom stereocenters. The highest BCUT2D eigenvalue weighted by atomic mass is 17.1. The lowest BCUT2D eigenvalue weighted by atomic mass is 10.4. The second-order valence-electron chi connectivity index (χ2n) is 1.58. The summed E-state index contributed by atoms with van der Waals surface area (Å²) in [6.45, 7) is 4.74. The van der Waals surface area contributed by atoms with Gasteiger partial charge in [-0.2, -0.15) is 0 Å². The van der Waals surface area contributed by atoms with Crippen LogP contribution in [0.4, 0.5) is 0 Å². The molecule has 0 amide bonds. The SMILES string of the molecule is CCOCC(C)OO. The van der Waals surface area contributed by atoms with Crippen molar-refractivity contribution in [2.75, 3.05) is 13.2 Å². The van der Waals surface area contributed by atoms with E-state index in [2.05, 4.69) is 4.89 Å². The molecule has 3 nitrogen and oxygen atoms in total. The van der Waals surface area contributed by atoms with E-state index in [9.17, 15) is 0 Å². The minimum atomic E-state index is -0.213. The zero-order valence-corrected chi connectivity index (χ0v) is 5.26. The van der Waals surface area contributed by atoms with E-state index in [0.29, 0.717) is 13.2 Å². The lowest BCUT2D eigenvalue weighted by Crippen LogP contribution is -2.13. The fraction of sp³-hybridized carbons (Fsp3) is 1.00. The van der Waals surface area contributed by atoms with Gasteiger partial charge in [-0.3, -0.25) is 5.26 Å². The maximum atomic E-state index is 7.98. The Balaban J connectivity index is 2.86. The van der Waals surface area contributed by atoms with Crippen LogP contribution < -0.4 is 0 Å². The largest absolute Gasteiger partial charge is 0.379 e. The standard InChI is InChI=1S/C5H12O3/c1-3-7-4-5(2)8-6/h5-6H,3-4H2,1-2H3. The van der Waals surface area contributed by atoms with E-state index in [1.807, 2.05) is 6.92 Å². The van der Waals surface area contributed by atoms with Crippen LogP contribution in [0.1, 0.15) is 13.8 Å². The van der Waals surface area contributed by atoms with Gasteiger partial charge in [0.15, 0.2) is 0 Å². The van der Waals surface area contributed by atoms with Crippen LogP contribution in [0.3, 0.4) is 0 Å². The lowest BCUT2D eigenvalue weighted by molar-refractivity contribution is -0.282. The van der Waals surface area contributed by atoms with Crippen LogP contribution in [0.15, 0.2) is 0 Å². The molecule has 0 saturated carbocycles. The molecule has 0 aliphatic carbocycles. The summed E-state index contributed by atoms with van der Waals surface area (Å²) in [6.07, 6.45) is -0.213. The Hall–Kier alpha value is -0.120. The molecule has 0 aliphatic heterocycles. The first-order valence-electron chi connectivity index (χ1n) is 2.69. The second-order valence-corrected chi connectivity index (χ2v) is 1.58. The molecular weight excluding hydrogens is 108 g/mol. The third-order valence-corrected chi connectivity index (χ3v) is 0.737. The average Bonchev–Trinajstić information content (AvgIpc) is 1.83. The molecule has 0 aromatic rings. The molecule has 0 aromatic carbocycles. The summed E-state index contributed by atoms with van der Waals surface area (Å²) in [5.74, 6) is 0. The summed E-state index contributed by atoms with van der Waals surface area (Å²) in [4.78, 5) is 3.93. The molecule has 0 rings (SSSR count). The molecule has 0 radical (unpaired) electrons. The highest BCUT2D eigenvalue weighted by molar-refractivity contribution is 4.40. The fourth-order valence-electron chi connectivity index (χ4n) is 0.314. The van der Waals surface area contributed by atoms with Gasteiger partial charge in [-0.1, -0.05) is 0 Å². The van der Waals surface area contributed by atoms with E-state index < -0.39 is 0 Å². The predicted molar refractivity (Wildman–Crippen MR) is 29.7 cm³/mol. The van der Waals surface area contributed by atoms with E-state index >= 15 is 0 Å². The highest BCUT2D eigenvalue weighted by Crippen LogP contribution is 1.86. The smallest absolute Gasteiger partial charge is 0.113 e. The monoisotopic (exact) mass is 120 g/mol. The molecule has 1 N–H and O–H groups in total. The van der Waals surface area contributed by atoms with Crippen molar-refractivity contribution in [2.45, 2.75) is 20.0 Å². The molecule has 0 spiro atoms. The van der Waals surface area contributed by atoms with Crippen LogP contribution in [-0.2, 0) is 9.62 Å². The first kappa shape index (κ1) is 7.88. The van der Waals surface area contributed by atoms with Crippen molar-refractivity contribution in [3.05, 3.63) is 0 Å². The van der Waals surface area contributed by atoms with Gasteiger partial charge in [-0.15, -0.1) is 0 Å². The fourth-order valence-corrected chi connectivity index (χ4v) is 0.314. The third-order valence-electron chi connectivity index (χ3n) is 0.737. The van der Waals surface area contributed by atoms with Crippen molar-refractivity contribution >= 4 is 0 Å². The van der Waals surface area contributed by atoms with Gasteiger partial charge in [0, 0.05) is 6.61 Å². The number of ether oxygens (including phenoxy) is 1. The molecule has 0 aromatic heterocycles. The van der Waals surface area contributed by atoms with Gasteiger partial charge < -0.3 is 4.74 Å². The Morgan fingerprint density at radius 2 is 2.25 bits per heavy atom. The van der Waals surface area contributed by atoms with Crippen molar-refractivity contribution in [1.29, 1.82) is 0 Å². The Kier molecular flexibility index (Phi) is 4.95. The van der Waals surface area contributed by atoms with Crippen LogP contribution in [0.5, 0.6) is 0 Å². The Morgan fingerprint density at radius 3 is 2.62 bits per heavy atom. The van der Waals surface area contributed by atoms with Gasteiger partial charge in [0.2, 0.25) is 0 Å². The predicted octanol–water partition coefficient (Wildman–Crippen LogP) is 0.901. The molecule has 8 heavy (non-hydrogen) atoms.